The molecule has 37 heavy (non-hydrogen) atoms. The second kappa shape index (κ2) is 10.2. The predicted octanol–water partition coefficient (Wildman–Crippen LogP) is 4.62. The van der Waals surface area contributed by atoms with Gasteiger partial charge in [-0.15, -0.1) is 5.10 Å². The number of nitrogens with zero attached hydrogens (tertiary/aromatic N) is 2. The van der Waals surface area contributed by atoms with E-state index in [4.69, 9.17) is 0 Å². The van der Waals surface area contributed by atoms with Crippen LogP contribution in [0, 0.1) is 5.92 Å². The van der Waals surface area contributed by atoms with E-state index in [0.29, 0.717) is 16.9 Å². The Morgan fingerprint density at radius 1 is 1.05 bits per heavy atom. The van der Waals surface area contributed by atoms with Gasteiger partial charge in [-0.05, 0) is 23.8 Å². The average molecular weight is 526 g/mol. The van der Waals surface area contributed by atoms with Crippen LogP contribution in [0.3, 0.4) is 0 Å². The Labute approximate surface area is 206 Å². The highest BCUT2D eigenvalue weighted by molar-refractivity contribution is 5.97. The van der Waals surface area contributed by atoms with Gasteiger partial charge in [-0.2, -0.15) is 26.3 Å². The summed E-state index contributed by atoms with van der Waals surface area (Å²) in [6.07, 6.45) is -15.1. The van der Waals surface area contributed by atoms with Crippen LogP contribution in [0.4, 0.5) is 32.2 Å². The molecule has 1 unspecified atom stereocenters. The van der Waals surface area contributed by atoms with E-state index in [-0.39, 0.29) is 30.3 Å². The van der Waals surface area contributed by atoms with E-state index < -0.39 is 36.9 Å². The topological polar surface area (TPSA) is 85.2 Å². The van der Waals surface area contributed by atoms with Crippen molar-refractivity contribution in [2.24, 2.45) is 5.92 Å². The number of alkyl halides is 6. The van der Waals surface area contributed by atoms with E-state index in [1.165, 1.54) is 28.9 Å². The van der Waals surface area contributed by atoms with Crippen molar-refractivity contribution < 1.29 is 40.7 Å². The van der Waals surface area contributed by atoms with Gasteiger partial charge < -0.3 is 15.4 Å². The normalized spacial score (nSPS) is 16.2. The van der Waals surface area contributed by atoms with E-state index in [0.717, 1.165) is 0 Å². The molecule has 1 saturated heterocycles. The first-order valence-electron chi connectivity index (χ1n) is 11.0. The summed E-state index contributed by atoms with van der Waals surface area (Å²) in [6.45, 7) is -0.751. The highest BCUT2D eigenvalue weighted by atomic mass is 19.4. The van der Waals surface area contributed by atoms with Gasteiger partial charge in [-0.25, -0.2) is 4.68 Å². The number of hydrogen-bond acceptors (Lipinski definition) is 4. The van der Waals surface area contributed by atoms with E-state index in [1.807, 2.05) is 0 Å². The maximum atomic E-state index is 12.8. The van der Waals surface area contributed by atoms with Gasteiger partial charge in [0.2, 0.25) is 17.9 Å². The molecule has 4 rings (SSSR count). The summed E-state index contributed by atoms with van der Waals surface area (Å²) in [7, 11) is 0. The Hall–Kier alpha value is -3.87. The highest BCUT2D eigenvalue weighted by Gasteiger charge is 2.57. The van der Waals surface area contributed by atoms with Crippen molar-refractivity contribution in [1.29, 1.82) is 0 Å². The summed E-state index contributed by atoms with van der Waals surface area (Å²) in [5.74, 6) is -1.09. The SMILES string of the molecule is O=C1CC(C(=O)Nc2cc(-c3cccc(COC(C(F)(F)F)C(F)(F)F)c3)n(-c3ccccc3)n2)CN1. The number of ether oxygens (including phenoxy) is 1. The first-order chi connectivity index (χ1) is 17.4. The summed E-state index contributed by atoms with van der Waals surface area (Å²) in [5, 5.41) is 9.63. The van der Waals surface area contributed by atoms with E-state index in [2.05, 4.69) is 20.5 Å². The monoisotopic (exact) mass is 526 g/mol. The molecule has 1 aliphatic heterocycles. The summed E-state index contributed by atoms with van der Waals surface area (Å²) in [6, 6.07) is 16.0. The lowest BCUT2D eigenvalue weighted by Gasteiger charge is -2.23. The van der Waals surface area contributed by atoms with Crippen LogP contribution in [0.2, 0.25) is 0 Å². The Morgan fingerprint density at radius 3 is 2.38 bits per heavy atom. The number of benzene rings is 2. The predicted molar refractivity (Wildman–Crippen MR) is 119 cm³/mol. The van der Waals surface area contributed by atoms with Crippen molar-refractivity contribution in [2.75, 3.05) is 11.9 Å². The quantitative estimate of drug-likeness (QED) is 0.440. The fourth-order valence-corrected chi connectivity index (χ4v) is 3.81. The van der Waals surface area contributed by atoms with Gasteiger partial charge in [0.25, 0.3) is 0 Å². The molecule has 3 aromatic rings. The minimum atomic E-state index is -5.62. The number of carbonyl (C=O) groups excluding carboxylic acids is 2. The van der Waals surface area contributed by atoms with Crippen molar-refractivity contribution in [3.63, 3.8) is 0 Å². The van der Waals surface area contributed by atoms with Crippen molar-refractivity contribution in [1.82, 2.24) is 15.1 Å². The number of nitrogens with one attached hydrogen (secondary N) is 2. The zero-order valence-electron chi connectivity index (χ0n) is 18.9. The molecule has 2 heterocycles. The molecule has 1 aromatic heterocycles. The average Bonchev–Trinajstić information content (AvgIpc) is 3.45. The van der Waals surface area contributed by atoms with Crippen LogP contribution in [-0.2, 0) is 20.9 Å². The number of anilines is 1. The number of rotatable bonds is 7. The van der Waals surface area contributed by atoms with Gasteiger partial charge in [-0.3, -0.25) is 9.59 Å². The van der Waals surface area contributed by atoms with Crippen LogP contribution < -0.4 is 10.6 Å². The van der Waals surface area contributed by atoms with Gasteiger partial charge in [0.1, 0.15) is 0 Å². The summed E-state index contributed by atoms with van der Waals surface area (Å²) in [5.41, 5.74) is 1.47. The maximum Gasteiger partial charge on any atom is 0.423 e. The first-order valence-corrected chi connectivity index (χ1v) is 11.0. The molecule has 1 fully saturated rings. The molecule has 1 aliphatic rings. The number of hydrogen-bond donors (Lipinski definition) is 2. The third-order valence-corrected chi connectivity index (χ3v) is 5.54. The molecule has 0 saturated carbocycles. The molecule has 13 heteroatoms. The molecule has 0 spiro atoms. The smallest absolute Gasteiger partial charge is 0.356 e. The van der Waals surface area contributed by atoms with E-state index in [9.17, 15) is 35.9 Å². The van der Waals surface area contributed by atoms with Gasteiger partial charge in [-0.1, -0.05) is 36.4 Å². The maximum absolute atomic E-state index is 12.8. The lowest BCUT2D eigenvalue weighted by molar-refractivity contribution is -0.324. The van der Waals surface area contributed by atoms with E-state index >= 15 is 0 Å². The summed E-state index contributed by atoms with van der Waals surface area (Å²) >= 11 is 0. The van der Waals surface area contributed by atoms with Crippen LogP contribution in [0.25, 0.3) is 16.9 Å². The number of carbonyl (C=O) groups is 2. The number of para-hydroxylation sites is 1. The largest absolute Gasteiger partial charge is 0.423 e. The van der Waals surface area contributed by atoms with Crippen LogP contribution in [-0.4, -0.2) is 46.6 Å². The zero-order valence-corrected chi connectivity index (χ0v) is 18.9. The van der Waals surface area contributed by atoms with Gasteiger partial charge in [0.15, 0.2) is 5.82 Å². The Bertz CT molecular complexity index is 1260. The minimum absolute atomic E-state index is 0.0387. The molecule has 2 amide bonds. The number of halogens is 6. The molecule has 2 aromatic carbocycles. The minimum Gasteiger partial charge on any atom is -0.356 e. The van der Waals surface area contributed by atoms with Crippen molar-refractivity contribution in [3.8, 4) is 16.9 Å². The van der Waals surface area contributed by atoms with Gasteiger partial charge >= 0.3 is 12.4 Å². The number of amides is 2. The lowest BCUT2D eigenvalue weighted by atomic mass is 10.1. The van der Waals surface area contributed by atoms with E-state index in [1.54, 1.807) is 36.4 Å². The Kier molecular flexibility index (Phi) is 7.25. The van der Waals surface area contributed by atoms with Crippen molar-refractivity contribution in [3.05, 3.63) is 66.2 Å². The molecule has 196 valence electrons. The Morgan fingerprint density at radius 2 is 1.76 bits per heavy atom. The zero-order chi connectivity index (χ0) is 26.8. The fourth-order valence-electron chi connectivity index (χ4n) is 3.81. The summed E-state index contributed by atoms with van der Waals surface area (Å²) in [4.78, 5) is 24.0. The standard InChI is InChI=1S/C24H20F6N4O3/c25-23(26,27)22(24(28,29)30)37-13-14-5-4-6-15(9-14)18-11-19(32-21(36)16-10-20(35)31-12-16)33-34(18)17-7-2-1-3-8-17/h1-9,11,16,22H,10,12-13H2,(H,31,35)(H,32,33,36). The fraction of sp³-hybridized carbons (Fsp3) is 0.292. The van der Waals surface area contributed by atoms with Crippen LogP contribution in [0.5, 0.6) is 0 Å². The molecule has 7 nitrogen and oxygen atoms in total. The molecule has 1 atom stereocenters. The third kappa shape index (κ3) is 6.28. The van der Waals surface area contributed by atoms with Crippen molar-refractivity contribution in [2.45, 2.75) is 31.5 Å². The lowest BCUT2D eigenvalue weighted by Crippen LogP contribution is -2.44. The molecular formula is C24H20F6N4O3. The van der Waals surface area contributed by atoms with Crippen LogP contribution >= 0.6 is 0 Å². The molecule has 0 aliphatic carbocycles. The molecule has 2 N–H and O–H groups in total. The molecule has 0 bridgehead atoms. The van der Waals surface area contributed by atoms with Gasteiger partial charge in [0, 0.05) is 24.6 Å². The molecule has 0 radical (unpaired) electrons. The third-order valence-electron chi connectivity index (χ3n) is 5.54. The first kappa shape index (κ1) is 26.2. The second-order valence-electron chi connectivity index (χ2n) is 8.33. The van der Waals surface area contributed by atoms with Crippen LogP contribution in [0.15, 0.2) is 60.7 Å². The molecular weight excluding hydrogens is 506 g/mol. The van der Waals surface area contributed by atoms with Crippen LogP contribution in [0.1, 0.15) is 12.0 Å². The van der Waals surface area contributed by atoms with Gasteiger partial charge in [0.05, 0.1) is 23.9 Å². The summed E-state index contributed by atoms with van der Waals surface area (Å²) < 4.78 is 82.7. The second-order valence-corrected chi connectivity index (χ2v) is 8.33. The Balaban J connectivity index is 1.62. The number of aromatic nitrogens is 2. The van der Waals surface area contributed by atoms with Crippen molar-refractivity contribution >= 4 is 17.6 Å². The highest BCUT2D eigenvalue weighted by Crippen LogP contribution is 2.36.